The molecule has 4 aromatic rings. The largest absolute Gasteiger partial charge is 0.484 e. The molecule has 29 heavy (non-hydrogen) atoms. The summed E-state index contributed by atoms with van der Waals surface area (Å²) < 4.78 is 17.0. The number of nitriles is 1. The number of aromatic amines is 1. The molecule has 8 heteroatoms. The van der Waals surface area contributed by atoms with E-state index in [1.54, 1.807) is 6.20 Å². The van der Waals surface area contributed by atoms with Crippen LogP contribution in [0.3, 0.4) is 0 Å². The number of oxazole rings is 1. The zero-order chi connectivity index (χ0) is 19.8. The second-order valence-corrected chi connectivity index (χ2v) is 6.85. The summed E-state index contributed by atoms with van der Waals surface area (Å²) in [6.45, 7) is 0. The maximum atomic E-state index is 9.31. The van der Waals surface area contributed by atoms with Crippen LogP contribution in [0, 0.1) is 11.3 Å². The first-order valence-corrected chi connectivity index (χ1v) is 9.28. The van der Waals surface area contributed by atoms with Gasteiger partial charge in [0.1, 0.15) is 29.2 Å². The lowest BCUT2D eigenvalue weighted by atomic mass is 9.92. The molecule has 0 aliphatic heterocycles. The highest BCUT2D eigenvalue weighted by Gasteiger charge is 2.26. The molecule has 5 rings (SSSR count). The van der Waals surface area contributed by atoms with E-state index < -0.39 is 0 Å². The van der Waals surface area contributed by atoms with E-state index >= 15 is 0 Å². The zero-order valence-corrected chi connectivity index (χ0v) is 15.7. The van der Waals surface area contributed by atoms with Gasteiger partial charge in [-0.3, -0.25) is 5.10 Å². The van der Waals surface area contributed by atoms with Gasteiger partial charge in [-0.15, -0.1) is 0 Å². The van der Waals surface area contributed by atoms with Crippen molar-refractivity contribution in [3.63, 3.8) is 0 Å². The van der Waals surface area contributed by atoms with E-state index in [0.29, 0.717) is 28.6 Å². The van der Waals surface area contributed by atoms with Gasteiger partial charge in [-0.2, -0.15) is 10.4 Å². The number of H-pyrrole nitrogens is 1. The fraction of sp³-hybridized carbons (Fsp3) is 0.238. The van der Waals surface area contributed by atoms with Gasteiger partial charge in [-0.05, 0) is 49.1 Å². The van der Waals surface area contributed by atoms with E-state index in [-0.39, 0.29) is 6.10 Å². The summed E-state index contributed by atoms with van der Waals surface area (Å²) in [5, 5.41) is 17.5. The van der Waals surface area contributed by atoms with Gasteiger partial charge in [0.05, 0.1) is 24.5 Å². The molecule has 8 nitrogen and oxygen atoms in total. The van der Waals surface area contributed by atoms with Gasteiger partial charge in [0.2, 0.25) is 5.88 Å². The van der Waals surface area contributed by atoms with Gasteiger partial charge in [0.15, 0.2) is 12.2 Å². The number of aromatic nitrogens is 4. The van der Waals surface area contributed by atoms with Crippen LogP contribution in [0.2, 0.25) is 0 Å². The second kappa shape index (κ2) is 6.95. The number of aryl methyl sites for hydroxylation is 1. The number of hydrogen-bond acceptors (Lipinski definition) is 7. The first-order valence-electron chi connectivity index (χ1n) is 9.28. The Hall–Kier alpha value is -3.86. The summed E-state index contributed by atoms with van der Waals surface area (Å²) in [6, 6.07) is 9.77. The summed E-state index contributed by atoms with van der Waals surface area (Å²) in [5.74, 6) is 1.63. The van der Waals surface area contributed by atoms with Crippen molar-refractivity contribution in [1.82, 2.24) is 20.2 Å². The van der Waals surface area contributed by atoms with Crippen molar-refractivity contribution in [2.75, 3.05) is 7.11 Å². The molecular weight excluding hydrogens is 370 g/mol. The Balaban J connectivity index is 1.51. The lowest BCUT2D eigenvalue weighted by Gasteiger charge is -2.26. The van der Waals surface area contributed by atoms with Gasteiger partial charge in [-0.1, -0.05) is 0 Å². The predicted molar refractivity (Wildman–Crippen MR) is 103 cm³/mol. The van der Waals surface area contributed by atoms with Crippen LogP contribution < -0.4 is 9.47 Å². The fourth-order valence-electron chi connectivity index (χ4n) is 3.75. The lowest BCUT2D eigenvalue weighted by molar-refractivity contribution is 0.177. The van der Waals surface area contributed by atoms with E-state index in [0.717, 1.165) is 41.4 Å². The van der Waals surface area contributed by atoms with Crippen molar-refractivity contribution in [3.8, 4) is 29.2 Å². The normalized spacial score (nSPS) is 15.7. The van der Waals surface area contributed by atoms with Gasteiger partial charge >= 0.3 is 0 Å². The van der Waals surface area contributed by atoms with Crippen LogP contribution in [0.1, 0.15) is 35.8 Å². The van der Waals surface area contributed by atoms with E-state index in [9.17, 15) is 5.26 Å². The third-order valence-electron chi connectivity index (χ3n) is 5.11. The molecule has 0 fully saturated rings. The number of rotatable bonds is 4. The van der Waals surface area contributed by atoms with Crippen molar-refractivity contribution in [2.24, 2.45) is 0 Å². The summed E-state index contributed by atoms with van der Waals surface area (Å²) >= 11 is 0. The summed E-state index contributed by atoms with van der Waals surface area (Å²) in [6.07, 6.45) is 5.48. The second-order valence-electron chi connectivity index (χ2n) is 6.85. The molecule has 3 heterocycles. The maximum Gasteiger partial charge on any atom is 0.231 e. The lowest BCUT2D eigenvalue weighted by Crippen LogP contribution is -2.18. The van der Waals surface area contributed by atoms with Crippen LogP contribution in [0.25, 0.3) is 22.4 Å². The Morgan fingerprint density at radius 3 is 3.03 bits per heavy atom. The molecule has 1 unspecified atom stereocenters. The number of benzene rings is 1. The predicted octanol–water partition coefficient (Wildman–Crippen LogP) is 3.95. The SMILES string of the molecule is COc1nc2c(cc1C#N)CCCC2Oc1ccc2[nH]nc(-c3cnco3)c2c1. The number of methoxy groups -OCH3 is 1. The highest BCUT2D eigenvalue weighted by molar-refractivity contribution is 5.92. The maximum absolute atomic E-state index is 9.31. The molecule has 3 aromatic heterocycles. The number of nitrogens with one attached hydrogen (secondary N) is 1. The first-order chi connectivity index (χ1) is 14.3. The average molecular weight is 387 g/mol. The Labute approximate surface area is 166 Å². The number of pyridine rings is 1. The monoisotopic (exact) mass is 387 g/mol. The molecule has 144 valence electrons. The van der Waals surface area contributed by atoms with Crippen LogP contribution in [-0.4, -0.2) is 27.3 Å². The van der Waals surface area contributed by atoms with E-state index in [1.165, 1.54) is 13.5 Å². The molecule has 0 amide bonds. The van der Waals surface area contributed by atoms with Crippen LogP contribution >= 0.6 is 0 Å². The average Bonchev–Trinajstić information content (AvgIpc) is 3.42. The Bertz CT molecular complexity index is 1220. The molecule has 1 aliphatic carbocycles. The summed E-state index contributed by atoms with van der Waals surface area (Å²) in [7, 11) is 1.52. The third kappa shape index (κ3) is 2.97. The Morgan fingerprint density at radius 2 is 2.24 bits per heavy atom. The third-order valence-corrected chi connectivity index (χ3v) is 5.11. The highest BCUT2D eigenvalue weighted by atomic mass is 16.5. The summed E-state index contributed by atoms with van der Waals surface area (Å²) in [4.78, 5) is 8.54. The molecule has 0 saturated heterocycles. The molecule has 1 aliphatic rings. The van der Waals surface area contributed by atoms with Crippen LogP contribution in [0.15, 0.2) is 41.3 Å². The molecule has 0 spiro atoms. The molecular formula is C21H17N5O3. The molecule has 0 saturated carbocycles. The molecule has 0 radical (unpaired) electrons. The Kier molecular flexibility index (Phi) is 4.13. The van der Waals surface area contributed by atoms with E-state index in [4.69, 9.17) is 13.9 Å². The number of ether oxygens (including phenoxy) is 2. The smallest absolute Gasteiger partial charge is 0.231 e. The fourth-order valence-corrected chi connectivity index (χ4v) is 3.75. The van der Waals surface area contributed by atoms with Crippen molar-refractivity contribution in [3.05, 3.63) is 53.7 Å². The van der Waals surface area contributed by atoms with Crippen LogP contribution in [-0.2, 0) is 6.42 Å². The molecule has 0 bridgehead atoms. The minimum absolute atomic E-state index is 0.210. The zero-order valence-electron chi connectivity index (χ0n) is 15.7. The Morgan fingerprint density at radius 1 is 1.31 bits per heavy atom. The van der Waals surface area contributed by atoms with Gasteiger partial charge in [0, 0.05) is 5.39 Å². The minimum Gasteiger partial charge on any atom is -0.484 e. The van der Waals surface area contributed by atoms with E-state index in [1.807, 2.05) is 24.3 Å². The van der Waals surface area contributed by atoms with Crippen molar-refractivity contribution < 1.29 is 13.9 Å². The van der Waals surface area contributed by atoms with Gasteiger partial charge in [0.25, 0.3) is 0 Å². The quantitative estimate of drug-likeness (QED) is 0.564. The first kappa shape index (κ1) is 17.3. The molecule has 1 aromatic carbocycles. The standard InChI is InChI=1S/C21H17N5O3/c1-27-21-13(9-22)7-12-3-2-4-17(19(12)24-21)29-14-5-6-16-15(8-14)20(26-25-16)18-10-23-11-28-18/h5-8,10-11,17H,2-4H2,1H3,(H,25,26). The molecule has 1 atom stereocenters. The number of fused-ring (bicyclic) bond motifs is 2. The topological polar surface area (TPSA) is 110 Å². The van der Waals surface area contributed by atoms with Crippen molar-refractivity contribution in [1.29, 1.82) is 5.26 Å². The van der Waals surface area contributed by atoms with E-state index in [2.05, 4.69) is 26.2 Å². The van der Waals surface area contributed by atoms with Crippen LogP contribution in [0.5, 0.6) is 11.6 Å². The number of nitrogens with zero attached hydrogens (tertiary/aromatic N) is 4. The van der Waals surface area contributed by atoms with Gasteiger partial charge < -0.3 is 13.9 Å². The van der Waals surface area contributed by atoms with Gasteiger partial charge in [-0.25, -0.2) is 9.97 Å². The highest BCUT2D eigenvalue weighted by Crippen LogP contribution is 2.36. The molecule has 1 N–H and O–H groups in total. The van der Waals surface area contributed by atoms with Crippen molar-refractivity contribution in [2.45, 2.75) is 25.4 Å². The van der Waals surface area contributed by atoms with Crippen LogP contribution in [0.4, 0.5) is 0 Å². The summed E-state index contributed by atoms with van der Waals surface area (Å²) in [5.41, 5.74) is 3.88. The minimum atomic E-state index is -0.210. The van der Waals surface area contributed by atoms with Crippen molar-refractivity contribution >= 4 is 10.9 Å². The number of hydrogen-bond donors (Lipinski definition) is 1.